The van der Waals surface area contributed by atoms with Crippen molar-refractivity contribution in [1.82, 2.24) is 9.88 Å². The van der Waals surface area contributed by atoms with Crippen LogP contribution in [0.25, 0.3) is 0 Å². The molecule has 0 spiro atoms. The molecule has 1 rings (SSSR count). The lowest BCUT2D eigenvalue weighted by Crippen LogP contribution is -2.31. The maximum absolute atomic E-state index is 11.6. The van der Waals surface area contributed by atoms with Crippen molar-refractivity contribution in [2.24, 2.45) is 0 Å². The Morgan fingerprint density at radius 2 is 1.94 bits per heavy atom. The highest BCUT2D eigenvalue weighted by Crippen LogP contribution is 2.12. The van der Waals surface area contributed by atoms with Crippen LogP contribution in [-0.4, -0.2) is 42.5 Å². The van der Waals surface area contributed by atoms with E-state index in [0.29, 0.717) is 6.54 Å². The van der Waals surface area contributed by atoms with E-state index in [9.17, 15) is 4.79 Å². The predicted octanol–water partition coefficient (Wildman–Crippen LogP) is 1.79. The Bertz CT molecular complexity index is 381. The molecular formula is C13H22N4O. The van der Waals surface area contributed by atoms with Gasteiger partial charge in [0.25, 0.3) is 0 Å². The van der Waals surface area contributed by atoms with Crippen LogP contribution in [-0.2, 0) is 4.79 Å². The van der Waals surface area contributed by atoms with Crippen molar-refractivity contribution in [2.45, 2.75) is 20.3 Å². The Morgan fingerprint density at radius 1 is 1.28 bits per heavy atom. The van der Waals surface area contributed by atoms with Crippen molar-refractivity contribution >= 4 is 17.3 Å². The number of hydrogen-bond acceptors (Lipinski definition) is 4. The minimum absolute atomic E-state index is 0.0735. The first-order chi connectivity index (χ1) is 8.67. The van der Waals surface area contributed by atoms with Gasteiger partial charge in [0.2, 0.25) is 5.91 Å². The molecule has 5 nitrogen and oxygen atoms in total. The van der Waals surface area contributed by atoms with Gasteiger partial charge in [0, 0.05) is 20.1 Å². The highest BCUT2D eigenvalue weighted by atomic mass is 16.2. The third-order valence-corrected chi connectivity index (χ3v) is 2.66. The van der Waals surface area contributed by atoms with Crippen molar-refractivity contribution in [3.8, 4) is 0 Å². The van der Waals surface area contributed by atoms with E-state index in [-0.39, 0.29) is 5.91 Å². The quantitative estimate of drug-likeness (QED) is 0.774. The fraction of sp³-hybridized carbons (Fsp3) is 0.538. The Kier molecular flexibility index (Phi) is 5.97. The lowest BCUT2D eigenvalue weighted by atomic mass is 10.3. The van der Waals surface area contributed by atoms with E-state index < -0.39 is 0 Å². The van der Waals surface area contributed by atoms with E-state index in [4.69, 9.17) is 0 Å². The molecule has 0 unspecified atom stereocenters. The summed E-state index contributed by atoms with van der Waals surface area (Å²) in [5, 5.41) is 6.34. The lowest BCUT2D eigenvalue weighted by Gasteiger charge is -2.15. The van der Waals surface area contributed by atoms with Gasteiger partial charge in [0.15, 0.2) is 0 Å². The normalized spacial score (nSPS) is 9.94. The Labute approximate surface area is 109 Å². The molecule has 0 fully saturated rings. The van der Waals surface area contributed by atoms with Gasteiger partial charge >= 0.3 is 0 Å². The average molecular weight is 250 g/mol. The van der Waals surface area contributed by atoms with Gasteiger partial charge in [0.05, 0.1) is 30.3 Å². The van der Waals surface area contributed by atoms with E-state index in [0.717, 1.165) is 30.9 Å². The zero-order chi connectivity index (χ0) is 13.4. The number of amides is 1. The van der Waals surface area contributed by atoms with Gasteiger partial charge in [-0.1, -0.05) is 6.92 Å². The molecule has 18 heavy (non-hydrogen) atoms. The minimum Gasteiger partial charge on any atom is -0.384 e. The molecule has 0 radical (unpaired) electrons. The van der Waals surface area contributed by atoms with Crippen molar-refractivity contribution in [3.63, 3.8) is 0 Å². The first-order valence-corrected chi connectivity index (χ1v) is 6.34. The van der Waals surface area contributed by atoms with Crippen LogP contribution >= 0.6 is 0 Å². The Balaban J connectivity index is 2.49. The maximum atomic E-state index is 11.6. The van der Waals surface area contributed by atoms with Gasteiger partial charge in [0.1, 0.15) is 0 Å². The molecular weight excluding hydrogens is 228 g/mol. The molecule has 0 aliphatic carbocycles. The zero-order valence-electron chi connectivity index (χ0n) is 11.4. The molecule has 100 valence electrons. The largest absolute Gasteiger partial charge is 0.384 e. The lowest BCUT2D eigenvalue weighted by molar-refractivity contribution is -0.127. The second-order valence-corrected chi connectivity index (χ2v) is 4.15. The molecule has 1 aromatic heterocycles. The van der Waals surface area contributed by atoms with Crippen molar-refractivity contribution in [3.05, 3.63) is 18.5 Å². The van der Waals surface area contributed by atoms with Crippen LogP contribution in [0.2, 0.25) is 0 Å². The number of aromatic nitrogens is 1. The molecule has 1 amide bonds. The van der Waals surface area contributed by atoms with Crippen molar-refractivity contribution in [2.75, 3.05) is 37.3 Å². The van der Waals surface area contributed by atoms with E-state index >= 15 is 0 Å². The SMILES string of the molecule is CCCNc1cncc(NCC(=O)N(C)CC)c1. The molecule has 0 aliphatic heterocycles. The zero-order valence-corrected chi connectivity index (χ0v) is 11.4. The molecule has 1 heterocycles. The highest BCUT2D eigenvalue weighted by Gasteiger charge is 2.05. The summed E-state index contributed by atoms with van der Waals surface area (Å²) < 4.78 is 0. The average Bonchev–Trinajstić information content (AvgIpc) is 2.42. The molecule has 0 aromatic carbocycles. The number of carbonyl (C=O) groups excluding carboxylic acids is 1. The molecule has 5 heteroatoms. The second-order valence-electron chi connectivity index (χ2n) is 4.15. The standard InChI is InChI=1S/C13H22N4O/c1-4-6-15-11-7-12(9-14-8-11)16-10-13(18)17(3)5-2/h7-9,15-16H,4-6,10H2,1-3H3. The smallest absolute Gasteiger partial charge is 0.241 e. The number of pyridine rings is 1. The Hall–Kier alpha value is -1.78. The van der Waals surface area contributed by atoms with Crippen LogP contribution in [0.1, 0.15) is 20.3 Å². The third kappa shape index (κ3) is 4.61. The maximum Gasteiger partial charge on any atom is 0.241 e. The topological polar surface area (TPSA) is 57.3 Å². The summed E-state index contributed by atoms with van der Waals surface area (Å²) in [4.78, 5) is 17.4. The number of anilines is 2. The number of hydrogen-bond donors (Lipinski definition) is 2. The summed E-state index contributed by atoms with van der Waals surface area (Å²) in [6, 6.07) is 1.96. The summed E-state index contributed by atoms with van der Waals surface area (Å²) in [6.45, 7) is 6.00. The van der Waals surface area contributed by atoms with Gasteiger partial charge in [-0.3, -0.25) is 9.78 Å². The van der Waals surface area contributed by atoms with Crippen LogP contribution in [0.4, 0.5) is 11.4 Å². The molecule has 0 aliphatic rings. The van der Waals surface area contributed by atoms with E-state index in [2.05, 4.69) is 22.5 Å². The van der Waals surface area contributed by atoms with Crippen LogP contribution in [0.5, 0.6) is 0 Å². The van der Waals surface area contributed by atoms with Crippen LogP contribution < -0.4 is 10.6 Å². The molecule has 0 saturated heterocycles. The predicted molar refractivity (Wildman–Crippen MR) is 74.8 cm³/mol. The third-order valence-electron chi connectivity index (χ3n) is 2.66. The van der Waals surface area contributed by atoms with Gasteiger partial charge in [-0.05, 0) is 19.4 Å². The number of likely N-dealkylation sites (N-methyl/N-ethyl adjacent to an activating group) is 1. The van der Waals surface area contributed by atoms with Gasteiger partial charge in [-0.25, -0.2) is 0 Å². The van der Waals surface area contributed by atoms with Gasteiger partial charge in [-0.15, -0.1) is 0 Å². The van der Waals surface area contributed by atoms with E-state index in [1.807, 2.05) is 13.0 Å². The van der Waals surface area contributed by atoms with Crippen molar-refractivity contribution < 1.29 is 4.79 Å². The van der Waals surface area contributed by atoms with Gasteiger partial charge in [-0.2, -0.15) is 0 Å². The highest BCUT2D eigenvalue weighted by molar-refractivity contribution is 5.80. The first-order valence-electron chi connectivity index (χ1n) is 6.34. The summed E-state index contributed by atoms with van der Waals surface area (Å²) in [5.41, 5.74) is 1.83. The van der Waals surface area contributed by atoms with Crippen LogP contribution in [0.3, 0.4) is 0 Å². The Morgan fingerprint density at radius 3 is 2.56 bits per heavy atom. The van der Waals surface area contributed by atoms with E-state index in [1.165, 1.54) is 0 Å². The van der Waals surface area contributed by atoms with Gasteiger partial charge < -0.3 is 15.5 Å². The fourth-order valence-corrected chi connectivity index (χ4v) is 1.39. The van der Waals surface area contributed by atoms with E-state index in [1.54, 1.807) is 24.3 Å². The van der Waals surface area contributed by atoms with Crippen molar-refractivity contribution in [1.29, 1.82) is 0 Å². The minimum atomic E-state index is 0.0735. The molecule has 0 bridgehead atoms. The number of carbonyl (C=O) groups is 1. The first kappa shape index (κ1) is 14.3. The number of nitrogens with one attached hydrogen (secondary N) is 2. The van der Waals surface area contributed by atoms with Crippen LogP contribution in [0, 0.1) is 0 Å². The fourth-order valence-electron chi connectivity index (χ4n) is 1.39. The second kappa shape index (κ2) is 7.53. The van der Waals surface area contributed by atoms with Crippen LogP contribution in [0.15, 0.2) is 18.5 Å². The molecule has 0 saturated carbocycles. The number of rotatable bonds is 7. The monoisotopic (exact) mass is 250 g/mol. The summed E-state index contributed by atoms with van der Waals surface area (Å²) in [6.07, 6.45) is 4.56. The molecule has 2 N–H and O–H groups in total. The molecule has 1 aromatic rings. The summed E-state index contributed by atoms with van der Waals surface area (Å²) in [5.74, 6) is 0.0735. The summed E-state index contributed by atoms with van der Waals surface area (Å²) in [7, 11) is 1.79. The summed E-state index contributed by atoms with van der Waals surface area (Å²) >= 11 is 0. The number of nitrogens with zero attached hydrogens (tertiary/aromatic N) is 2. The molecule has 0 atom stereocenters.